The molecule has 24 heavy (non-hydrogen) atoms. The van der Waals surface area contributed by atoms with E-state index in [0.29, 0.717) is 12.0 Å². The lowest BCUT2D eigenvalue weighted by molar-refractivity contribution is -0.143. The summed E-state index contributed by atoms with van der Waals surface area (Å²) in [5, 5.41) is 3.61. The number of allylic oxidation sites excluding steroid dienone is 2. The summed E-state index contributed by atoms with van der Waals surface area (Å²) in [4.78, 5) is 40.3. The summed E-state index contributed by atoms with van der Waals surface area (Å²) < 4.78 is 10.5. The van der Waals surface area contributed by atoms with Gasteiger partial charge >= 0.3 is 5.97 Å². The molecular formula is C17H17NO6. The second-order valence-corrected chi connectivity index (χ2v) is 4.96. The van der Waals surface area contributed by atoms with E-state index in [1.807, 2.05) is 6.92 Å². The summed E-state index contributed by atoms with van der Waals surface area (Å²) in [5.74, 6) is -0.805. The van der Waals surface area contributed by atoms with E-state index in [2.05, 4.69) is 5.16 Å². The number of nitrogens with zero attached hydrogens (tertiary/aromatic N) is 1. The molecule has 0 fully saturated rings. The average Bonchev–Trinajstić information content (AvgIpc) is 2.57. The number of carbonyl (C=O) groups is 3. The number of hydrogen-bond donors (Lipinski definition) is 0. The van der Waals surface area contributed by atoms with E-state index in [1.165, 1.54) is 38.7 Å². The molecule has 1 aliphatic carbocycles. The maximum Gasteiger partial charge on any atom is 0.335 e. The number of benzene rings is 1. The molecule has 2 rings (SSSR count). The summed E-state index contributed by atoms with van der Waals surface area (Å²) in [6.07, 6.45) is 4.50. The average molecular weight is 331 g/mol. The van der Waals surface area contributed by atoms with Crippen molar-refractivity contribution in [2.45, 2.75) is 19.8 Å². The molecule has 0 saturated heterocycles. The third kappa shape index (κ3) is 3.34. The molecule has 0 spiro atoms. The van der Waals surface area contributed by atoms with Gasteiger partial charge in [-0.05, 0) is 24.6 Å². The molecule has 0 amide bonds. The first-order valence-electron chi connectivity index (χ1n) is 7.32. The molecule has 0 unspecified atom stereocenters. The molecular weight excluding hydrogens is 314 g/mol. The third-order valence-electron chi connectivity index (χ3n) is 3.38. The number of carbonyl (C=O) groups excluding carboxylic acids is 3. The number of ether oxygens (including phenoxy) is 2. The Bertz CT molecular complexity index is 748. The topological polar surface area (TPSA) is 91.3 Å². The minimum atomic E-state index is -0.466. The van der Waals surface area contributed by atoms with Crippen LogP contribution in [0, 0.1) is 0 Å². The van der Waals surface area contributed by atoms with Crippen LogP contribution in [-0.4, -0.2) is 38.0 Å². The van der Waals surface area contributed by atoms with Crippen LogP contribution in [0.2, 0.25) is 0 Å². The quantitative estimate of drug-likeness (QED) is 0.451. The first-order valence-corrected chi connectivity index (χ1v) is 7.32. The van der Waals surface area contributed by atoms with Crippen molar-refractivity contribution in [3.63, 3.8) is 0 Å². The van der Waals surface area contributed by atoms with Gasteiger partial charge in [0.15, 0.2) is 11.6 Å². The monoisotopic (exact) mass is 331 g/mol. The smallest absolute Gasteiger partial charge is 0.335 e. The van der Waals surface area contributed by atoms with Gasteiger partial charge in [-0.25, -0.2) is 4.79 Å². The number of methoxy groups -OCH3 is 2. The van der Waals surface area contributed by atoms with Gasteiger partial charge in [0.2, 0.25) is 0 Å². The van der Waals surface area contributed by atoms with Crippen LogP contribution in [0.15, 0.2) is 23.4 Å². The highest BCUT2D eigenvalue weighted by atomic mass is 16.7. The molecule has 0 radical (unpaired) electrons. The zero-order chi connectivity index (χ0) is 17.7. The maximum atomic E-state index is 12.2. The van der Waals surface area contributed by atoms with Crippen molar-refractivity contribution in [3.05, 3.63) is 34.9 Å². The van der Waals surface area contributed by atoms with Crippen LogP contribution >= 0.6 is 0 Å². The normalized spacial score (nSPS) is 13.1. The number of hydrogen-bond acceptors (Lipinski definition) is 7. The Morgan fingerprint density at radius 2 is 1.79 bits per heavy atom. The van der Waals surface area contributed by atoms with Gasteiger partial charge in [-0.15, -0.1) is 0 Å². The van der Waals surface area contributed by atoms with Crippen LogP contribution in [0.25, 0.3) is 0 Å². The van der Waals surface area contributed by atoms with E-state index in [0.717, 1.165) is 0 Å². The van der Waals surface area contributed by atoms with E-state index >= 15 is 0 Å². The number of rotatable bonds is 6. The van der Waals surface area contributed by atoms with Gasteiger partial charge in [-0.1, -0.05) is 12.1 Å². The van der Waals surface area contributed by atoms with Crippen molar-refractivity contribution < 1.29 is 28.7 Å². The van der Waals surface area contributed by atoms with Crippen molar-refractivity contribution in [3.8, 4) is 11.5 Å². The van der Waals surface area contributed by atoms with Gasteiger partial charge < -0.3 is 14.3 Å². The molecule has 0 N–H and O–H groups in total. The summed E-state index contributed by atoms with van der Waals surface area (Å²) in [5.41, 5.74) is 0.599. The summed E-state index contributed by atoms with van der Waals surface area (Å²) in [6.45, 7) is 1.85. The molecule has 1 aromatic carbocycles. The Morgan fingerprint density at radius 3 is 2.38 bits per heavy atom. The Morgan fingerprint density at radius 1 is 1.12 bits per heavy atom. The fraction of sp³-hybridized carbons (Fsp3) is 0.294. The number of ketones is 2. The molecule has 1 aliphatic rings. The predicted octanol–water partition coefficient (Wildman–Crippen LogP) is 2.32. The molecule has 0 heterocycles. The van der Waals surface area contributed by atoms with Gasteiger partial charge in [0, 0.05) is 12.0 Å². The molecule has 126 valence electrons. The Hall–Kier alpha value is -2.96. The fourth-order valence-corrected chi connectivity index (χ4v) is 2.33. The van der Waals surface area contributed by atoms with Gasteiger partial charge in [0.05, 0.1) is 31.6 Å². The van der Waals surface area contributed by atoms with Gasteiger partial charge in [-0.3, -0.25) is 9.59 Å². The van der Waals surface area contributed by atoms with E-state index in [4.69, 9.17) is 14.3 Å². The third-order valence-corrected chi connectivity index (χ3v) is 3.38. The van der Waals surface area contributed by atoms with Crippen LogP contribution < -0.4 is 9.47 Å². The Kier molecular flexibility index (Phi) is 5.47. The first-order chi connectivity index (χ1) is 11.5. The molecule has 1 aromatic rings. The van der Waals surface area contributed by atoms with Gasteiger partial charge in [-0.2, -0.15) is 0 Å². The largest absolute Gasteiger partial charge is 0.496 e. The highest BCUT2D eigenvalue weighted by Crippen LogP contribution is 2.36. The number of fused-ring (bicyclic) bond motifs is 1. The van der Waals surface area contributed by atoms with Crippen molar-refractivity contribution in [2.75, 3.05) is 14.2 Å². The standard InChI is InChI=1S/C17H17NO6/c1-4-5-14(21)24-18-9-10-8-13(22-2)15-11(19)6-7-12(20)16(15)17(10)23-3/h6-9H,4-5H2,1-3H3. The van der Waals surface area contributed by atoms with Gasteiger partial charge in [0.1, 0.15) is 11.5 Å². The zero-order valence-electron chi connectivity index (χ0n) is 13.6. The molecule has 0 aliphatic heterocycles. The Labute approximate surface area is 138 Å². The minimum absolute atomic E-state index is 0.102. The second kappa shape index (κ2) is 7.54. The van der Waals surface area contributed by atoms with Gasteiger partial charge in [0.25, 0.3) is 0 Å². The molecule has 0 aromatic heterocycles. The predicted molar refractivity (Wildman–Crippen MR) is 85.9 cm³/mol. The maximum absolute atomic E-state index is 12.2. The van der Waals surface area contributed by atoms with E-state index in [9.17, 15) is 14.4 Å². The molecule has 7 nitrogen and oxygen atoms in total. The summed E-state index contributed by atoms with van der Waals surface area (Å²) in [6, 6.07) is 1.50. The zero-order valence-corrected chi connectivity index (χ0v) is 13.6. The van der Waals surface area contributed by atoms with Crippen molar-refractivity contribution in [2.24, 2.45) is 5.16 Å². The van der Waals surface area contributed by atoms with Crippen LogP contribution in [0.4, 0.5) is 0 Å². The van der Waals surface area contributed by atoms with E-state index in [-0.39, 0.29) is 40.6 Å². The molecule has 0 atom stereocenters. The first kappa shape index (κ1) is 17.4. The fourth-order valence-electron chi connectivity index (χ4n) is 2.33. The second-order valence-electron chi connectivity index (χ2n) is 4.96. The number of oxime groups is 1. The molecule has 0 saturated carbocycles. The lowest BCUT2D eigenvalue weighted by Gasteiger charge is -2.18. The highest BCUT2D eigenvalue weighted by Gasteiger charge is 2.29. The lowest BCUT2D eigenvalue weighted by Crippen LogP contribution is -2.16. The lowest BCUT2D eigenvalue weighted by atomic mass is 9.91. The minimum Gasteiger partial charge on any atom is -0.496 e. The van der Waals surface area contributed by atoms with E-state index < -0.39 is 5.97 Å². The molecule has 7 heteroatoms. The summed E-state index contributed by atoms with van der Waals surface area (Å²) in [7, 11) is 2.76. The van der Waals surface area contributed by atoms with Crippen LogP contribution in [0.3, 0.4) is 0 Å². The van der Waals surface area contributed by atoms with Crippen LogP contribution in [0.1, 0.15) is 46.0 Å². The van der Waals surface area contributed by atoms with Crippen molar-refractivity contribution >= 4 is 23.8 Å². The van der Waals surface area contributed by atoms with Crippen molar-refractivity contribution in [1.82, 2.24) is 0 Å². The van der Waals surface area contributed by atoms with Crippen LogP contribution in [-0.2, 0) is 9.63 Å². The SMILES string of the molecule is CCCC(=O)ON=Cc1cc(OC)c2c(c1OC)C(=O)C=CC2=O. The van der Waals surface area contributed by atoms with E-state index in [1.54, 1.807) is 0 Å². The summed E-state index contributed by atoms with van der Waals surface area (Å²) >= 11 is 0. The molecule has 0 bridgehead atoms. The Balaban J connectivity index is 2.49. The highest BCUT2D eigenvalue weighted by molar-refractivity contribution is 6.25. The van der Waals surface area contributed by atoms with Crippen molar-refractivity contribution in [1.29, 1.82) is 0 Å². The van der Waals surface area contributed by atoms with Crippen LogP contribution in [0.5, 0.6) is 11.5 Å².